The number of likely N-dealkylation sites (tertiary alicyclic amines) is 1. The molecule has 0 aromatic rings. The number of rotatable bonds is 6. The number of carboxylic acid groups (broad SMARTS) is 1. The molecule has 2 unspecified atom stereocenters. The first-order valence-corrected chi connectivity index (χ1v) is 6.53. The number of piperidine rings is 1. The molecule has 1 saturated heterocycles. The molecule has 21 heavy (non-hydrogen) atoms. The van der Waals surface area contributed by atoms with Crippen LogP contribution in [-0.4, -0.2) is 59.0 Å². The number of ketones is 1. The summed E-state index contributed by atoms with van der Waals surface area (Å²) in [7, 11) is 0. The van der Waals surface area contributed by atoms with Gasteiger partial charge in [0.25, 0.3) is 0 Å². The zero-order valence-electron chi connectivity index (χ0n) is 11.4. The average molecular weight is 303 g/mol. The summed E-state index contributed by atoms with van der Waals surface area (Å²) in [5.74, 6) is -2.55. The van der Waals surface area contributed by atoms with Gasteiger partial charge in [-0.1, -0.05) is 0 Å². The van der Waals surface area contributed by atoms with Gasteiger partial charge in [-0.15, -0.1) is 0 Å². The van der Waals surface area contributed by atoms with Crippen LogP contribution >= 0.6 is 0 Å². The number of hydrogen-bond acceptors (Lipinski definition) is 4. The highest BCUT2D eigenvalue weighted by atomic mass is 19.1. The average Bonchev–Trinajstić information content (AvgIpc) is 2.45. The second-order valence-electron chi connectivity index (χ2n) is 4.82. The monoisotopic (exact) mass is 303 g/mol. The summed E-state index contributed by atoms with van der Waals surface area (Å²) in [5, 5.41) is 11.3. The standard InChI is InChI=1S/C12H18FN3O5/c13-6-9(17)7(5-10(14)18)15-11(19)8-3-1-2-4-16(8)12(20)21/h7-8H,1-6H2,(H2,14,18)(H,15,19)(H,20,21). The minimum atomic E-state index is -1.36. The van der Waals surface area contributed by atoms with Gasteiger partial charge in [0.05, 0.1) is 12.5 Å². The van der Waals surface area contributed by atoms with Crippen molar-refractivity contribution in [2.45, 2.75) is 37.8 Å². The molecule has 9 heteroatoms. The molecule has 1 fully saturated rings. The van der Waals surface area contributed by atoms with E-state index in [2.05, 4.69) is 5.32 Å². The van der Waals surface area contributed by atoms with Crippen molar-refractivity contribution in [3.63, 3.8) is 0 Å². The molecule has 0 spiro atoms. The van der Waals surface area contributed by atoms with Crippen LogP contribution in [0.4, 0.5) is 9.18 Å². The van der Waals surface area contributed by atoms with E-state index in [0.717, 1.165) is 4.90 Å². The maximum Gasteiger partial charge on any atom is 0.407 e. The van der Waals surface area contributed by atoms with Gasteiger partial charge < -0.3 is 16.2 Å². The minimum absolute atomic E-state index is 0.213. The highest BCUT2D eigenvalue weighted by Crippen LogP contribution is 2.17. The summed E-state index contributed by atoms with van der Waals surface area (Å²) in [6.07, 6.45) is -0.138. The molecule has 0 aromatic carbocycles. The first-order chi connectivity index (χ1) is 9.86. The van der Waals surface area contributed by atoms with Crippen molar-refractivity contribution < 1.29 is 28.7 Å². The van der Waals surface area contributed by atoms with E-state index in [4.69, 9.17) is 10.8 Å². The maximum absolute atomic E-state index is 12.4. The van der Waals surface area contributed by atoms with Crippen LogP contribution in [0.2, 0.25) is 0 Å². The van der Waals surface area contributed by atoms with Gasteiger partial charge in [0.1, 0.15) is 12.7 Å². The van der Waals surface area contributed by atoms with Crippen LogP contribution in [0.5, 0.6) is 0 Å². The molecule has 4 N–H and O–H groups in total. The number of nitrogens with two attached hydrogens (primary N) is 1. The number of carbonyl (C=O) groups is 4. The summed E-state index contributed by atoms with van der Waals surface area (Å²) < 4.78 is 12.4. The Morgan fingerprint density at radius 2 is 2.00 bits per heavy atom. The van der Waals surface area contributed by atoms with Crippen LogP contribution in [0, 0.1) is 0 Å². The van der Waals surface area contributed by atoms with Gasteiger partial charge in [0, 0.05) is 6.54 Å². The number of Topliss-reactive ketones (excluding diaryl/α,β-unsaturated/α-hetero) is 1. The molecular formula is C12H18FN3O5. The summed E-state index contributed by atoms with van der Waals surface area (Å²) in [6, 6.07) is -2.31. The Kier molecular flexibility index (Phi) is 6.07. The molecule has 0 radical (unpaired) electrons. The molecule has 1 rings (SSSR count). The van der Waals surface area contributed by atoms with E-state index in [0.29, 0.717) is 19.3 Å². The number of nitrogens with one attached hydrogen (secondary N) is 1. The summed E-state index contributed by atoms with van der Waals surface area (Å²) >= 11 is 0. The SMILES string of the molecule is NC(=O)CC(NC(=O)C1CCCCN1C(=O)O)C(=O)CF. The largest absolute Gasteiger partial charge is 0.465 e. The van der Waals surface area contributed by atoms with Crippen molar-refractivity contribution in [3.05, 3.63) is 0 Å². The Hall–Kier alpha value is -2.19. The second-order valence-corrected chi connectivity index (χ2v) is 4.82. The lowest BCUT2D eigenvalue weighted by atomic mass is 10.0. The fraction of sp³-hybridized carbons (Fsp3) is 0.667. The fourth-order valence-corrected chi connectivity index (χ4v) is 2.24. The van der Waals surface area contributed by atoms with E-state index in [1.165, 1.54) is 0 Å². The number of hydrogen-bond donors (Lipinski definition) is 3. The van der Waals surface area contributed by atoms with Crippen LogP contribution in [0.1, 0.15) is 25.7 Å². The van der Waals surface area contributed by atoms with Crippen LogP contribution in [-0.2, 0) is 14.4 Å². The first kappa shape index (κ1) is 16.9. The molecule has 0 saturated carbocycles. The van der Waals surface area contributed by atoms with Crippen LogP contribution in [0.25, 0.3) is 0 Å². The highest BCUT2D eigenvalue weighted by molar-refractivity contribution is 5.95. The lowest BCUT2D eigenvalue weighted by molar-refractivity contribution is -0.133. The molecular weight excluding hydrogens is 285 g/mol. The molecule has 1 aliphatic rings. The van der Waals surface area contributed by atoms with Crippen LogP contribution in [0.3, 0.4) is 0 Å². The first-order valence-electron chi connectivity index (χ1n) is 6.53. The number of halogens is 1. The predicted octanol–water partition coefficient (Wildman–Crippen LogP) is -0.582. The van der Waals surface area contributed by atoms with Gasteiger partial charge in [-0.3, -0.25) is 19.3 Å². The van der Waals surface area contributed by atoms with E-state index in [9.17, 15) is 23.6 Å². The molecule has 118 valence electrons. The van der Waals surface area contributed by atoms with Crippen molar-refractivity contribution in [2.24, 2.45) is 5.73 Å². The molecule has 0 aliphatic carbocycles. The molecule has 1 heterocycles. The summed E-state index contributed by atoms with van der Waals surface area (Å²) in [4.78, 5) is 46.3. The van der Waals surface area contributed by atoms with E-state index in [1.54, 1.807) is 0 Å². The Morgan fingerprint density at radius 3 is 2.52 bits per heavy atom. The lowest BCUT2D eigenvalue weighted by Crippen LogP contribution is -2.55. The van der Waals surface area contributed by atoms with Gasteiger partial charge in [0.15, 0.2) is 5.78 Å². The van der Waals surface area contributed by atoms with Crippen LogP contribution < -0.4 is 11.1 Å². The number of carbonyl (C=O) groups excluding carboxylic acids is 3. The minimum Gasteiger partial charge on any atom is -0.465 e. The second kappa shape index (κ2) is 7.55. The molecule has 1 aliphatic heterocycles. The van der Waals surface area contributed by atoms with Crippen molar-refractivity contribution in [3.8, 4) is 0 Å². The Morgan fingerprint density at radius 1 is 1.33 bits per heavy atom. The van der Waals surface area contributed by atoms with Gasteiger partial charge in [-0.25, -0.2) is 9.18 Å². The Bertz CT molecular complexity index is 443. The van der Waals surface area contributed by atoms with Crippen molar-refractivity contribution in [1.82, 2.24) is 10.2 Å². The van der Waals surface area contributed by atoms with E-state index in [-0.39, 0.29) is 6.54 Å². The third-order valence-corrected chi connectivity index (χ3v) is 3.29. The van der Waals surface area contributed by atoms with Gasteiger partial charge in [-0.05, 0) is 19.3 Å². The third-order valence-electron chi connectivity index (χ3n) is 3.29. The van der Waals surface area contributed by atoms with Crippen molar-refractivity contribution in [2.75, 3.05) is 13.2 Å². The smallest absolute Gasteiger partial charge is 0.407 e. The lowest BCUT2D eigenvalue weighted by Gasteiger charge is -2.33. The molecule has 2 atom stereocenters. The number of amides is 3. The number of nitrogens with zero attached hydrogens (tertiary/aromatic N) is 1. The van der Waals surface area contributed by atoms with E-state index in [1.807, 2.05) is 0 Å². The van der Waals surface area contributed by atoms with Gasteiger partial charge in [0.2, 0.25) is 11.8 Å². The third kappa shape index (κ3) is 4.69. The number of alkyl halides is 1. The molecule has 8 nitrogen and oxygen atoms in total. The molecule has 0 bridgehead atoms. The predicted molar refractivity (Wildman–Crippen MR) is 69.1 cm³/mol. The van der Waals surface area contributed by atoms with E-state index < -0.39 is 48.9 Å². The number of primary amides is 1. The summed E-state index contributed by atoms with van der Waals surface area (Å²) in [6.45, 7) is -1.13. The maximum atomic E-state index is 12.4. The fourth-order valence-electron chi connectivity index (χ4n) is 2.24. The quantitative estimate of drug-likeness (QED) is 0.604. The van der Waals surface area contributed by atoms with Crippen LogP contribution in [0.15, 0.2) is 0 Å². The Labute approximate surface area is 120 Å². The molecule has 0 aromatic heterocycles. The summed E-state index contributed by atoms with van der Waals surface area (Å²) in [5.41, 5.74) is 4.95. The highest BCUT2D eigenvalue weighted by Gasteiger charge is 2.34. The van der Waals surface area contributed by atoms with E-state index >= 15 is 0 Å². The zero-order valence-corrected chi connectivity index (χ0v) is 11.4. The normalized spacial score (nSPS) is 19.7. The topological polar surface area (TPSA) is 130 Å². The molecule has 3 amide bonds. The Balaban J connectivity index is 2.77. The van der Waals surface area contributed by atoms with Gasteiger partial charge >= 0.3 is 6.09 Å². The zero-order chi connectivity index (χ0) is 16.0. The van der Waals surface area contributed by atoms with Crippen molar-refractivity contribution in [1.29, 1.82) is 0 Å². The van der Waals surface area contributed by atoms with Crippen molar-refractivity contribution >= 4 is 23.7 Å². The van der Waals surface area contributed by atoms with Gasteiger partial charge in [-0.2, -0.15) is 0 Å².